The Labute approximate surface area is 80.9 Å². The minimum Gasteiger partial charge on any atom is -0.308 e. The average molecular weight is 213 g/mol. The van der Waals surface area contributed by atoms with Gasteiger partial charge in [-0.25, -0.2) is 17.6 Å². The minimum absolute atomic E-state index is 0.180. The second-order valence-electron chi connectivity index (χ2n) is 4.08. The molecule has 1 nitrogen and oxygen atoms in total. The Balaban J connectivity index is 2.23. The fourth-order valence-corrected chi connectivity index (χ4v) is 1.57. The van der Waals surface area contributed by atoms with E-state index in [2.05, 4.69) is 5.32 Å². The summed E-state index contributed by atoms with van der Waals surface area (Å²) in [5, 5.41) is 2.62. The quantitative estimate of drug-likeness (QED) is 0.711. The van der Waals surface area contributed by atoms with E-state index in [-0.39, 0.29) is 31.7 Å². The van der Waals surface area contributed by atoms with Crippen LogP contribution in [0.1, 0.15) is 32.6 Å². The lowest BCUT2D eigenvalue weighted by Crippen LogP contribution is -2.41. The molecule has 84 valence electrons. The highest BCUT2D eigenvalue weighted by atomic mass is 19.3. The molecule has 0 spiro atoms. The molecule has 5 heteroatoms. The number of halogens is 4. The highest BCUT2D eigenvalue weighted by molar-refractivity contribution is 4.82. The summed E-state index contributed by atoms with van der Waals surface area (Å²) in [4.78, 5) is 0. The Bertz CT molecular complexity index is 178. The number of alkyl halides is 4. The predicted octanol–water partition coefficient (Wildman–Crippen LogP) is 2.81. The van der Waals surface area contributed by atoms with Crippen LogP contribution in [0, 0.1) is 0 Å². The van der Waals surface area contributed by atoms with Gasteiger partial charge in [0, 0.05) is 25.8 Å². The van der Waals surface area contributed by atoms with Crippen LogP contribution in [0.4, 0.5) is 17.6 Å². The standard InChI is InChI=1S/C9H15F4N/c1-8(10,11)6-14-7-2-4-9(12,13)5-3-7/h7,14H,2-6H2,1H3. The van der Waals surface area contributed by atoms with Gasteiger partial charge in [-0.15, -0.1) is 0 Å². The fraction of sp³-hybridized carbons (Fsp3) is 1.00. The SMILES string of the molecule is CC(F)(F)CNC1CCC(F)(F)CC1. The molecule has 0 saturated heterocycles. The van der Waals surface area contributed by atoms with Crippen LogP contribution in [0.5, 0.6) is 0 Å². The zero-order valence-electron chi connectivity index (χ0n) is 8.12. The van der Waals surface area contributed by atoms with Gasteiger partial charge in [-0.05, 0) is 12.8 Å². The lowest BCUT2D eigenvalue weighted by Gasteiger charge is -2.29. The fourth-order valence-electron chi connectivity index (χ4n) is 1.57. The van der Waals surface area contributed by atoms with Gasteiger partial charge in [-0.3, -0.25) is 0 Å². The molecule has 0 unspecified atom stereocenters. The van der Waals surface area contributed by atoms with E-state index in [0.29, 0.717) is 0 Å². The second kappa shape index (κ2) is 4.04. The Morgan fingerprint density at radius 1 is 1.29 bits per heavy atom. The lowest BCUT2D eigenvalue weighted by atomic mass is 9.92. The van der Waals surface area contributed by atoms with Crippen molar-refractivity contribution in [1.29, 1.82) is 0 Å². The van der Waals surface area contributed by atoms with Gasteiger partial charge >= 0.3 is 0 Å². The van der Waals surface area contributed by atoms with Crippen LogP contribution in [0.3, 0.4) is 0 Å². The summed E-state index contributed by atoms with van der Waals surface area (Å²) < 4.78 is 50.2. The van der Waals surface area contributed by atoms with E-state index in [0.717, 1.165) is 6.92 Å². The molecule has 1 aliphatic carbocycles. The highest BCUT2D eigenvalue weighted by Gasteiger charge is 2.35. The van der Waals surface area contributed by atoms with Crippen molar-refractivity contribution in [2.75, 3.05) is 6.54 Å². The van der Waals surface area contributed by atoms with Crippen LogP contribution < -0.4 is 5.32 Å². The first kappa shape index (κ1) is 11.8. The molecular weight excluding hydrogens is 198 g/mol. The van der Waals surface area contributed by atoms with Gasteiger partial charge < -0.3 is 5.32 Å². The monoisotopic (exact) mass is 213 g/mol. The molecule has 1 rings (SSSR count). The topological polar surface area (TPSA) is 12.0 Å². The van der Waals surface area contributed by atoms with E-state index in [4.69, 9.17) is 0 Å². The summed E-state index contributed by atoms with van der Waals surface area (Å²) in [5.74, 6) is -5.35. The molecule has 0 atom stereocenters. The van der Waals surface area contributed by atoms with Gasteiger partial charge in [-0.2, -0.15) is 0 Å². The predicted molar refractivity (Wildman–Crippen MR) is 45.8 cm³/mol. The molecule has 1 saturated carbocycles. The lowest BCUT2D eigenvalue weighted by molar-refractivity contribution is -0.0438. The number of hydrogen-bond donors (Lipinski definition) is 1. The summed E-state index contributed by atoms with van der Waals surface area (Å²) in [6, 6.07) is -0.180. The van der Waals surface area contributed by atoms with Crippen molar-refractivity contribution in [3.63, 3.8) is 0 Å². The first-order valence-electron chi connectivity index (χ1n) is 4.78. The van der Waals surface area contributed by atoms with Crippen molar-refractivity contribution >= 4 is 0 Å². The van der Waals surface area contributed by atoms with Gasteiger partial charge in [0.05, 0.1) is 6.54 Å². The van der Waals surface area contributed by atoms with Gasteiger partial charge in [0.2, 0.25) is 5.92 Å². The summed E-state index contributed by atoms with van der Waals surface area (Å²) in [6.07, 6.45) is 0.173. The largest absolute Gasteiger partial charge is 0.308 e. The maximum Gasteiger partial charge on any atom is 0.257 e. The number of rotatable bonds is 3. The molecule has 1 aliphatic rings. The molecule has 0 aliphatic heterocycles. The van der Waals surface area contributed by atoms with E-state index in [1.165, 1.54) is 0 Å². The minimum atomic E-state index is -2.76. The van der Waals surface area contributed by atoms with E-state index in [1.54, 1.807) is 0 Å². The zero-order valence-corrected chi connectivity index (χ0v) is 8.12. The summed E-state index contributed by atoms with van der Waals surface area (Å²) >= 11 is 0. The van der Waals surface area contributed by atoms with Crippen molar-refractivity contribution in [2.45, 2.75) is 50.5 Å². The van der Waals surface area contributed by atoms with E-state index < -0.39 is 18.4 Å². The van der Waals surface area contributed by atoms with E-state index >= 15 is 0 Å². The molecule has 14 heavy (non-hydrogen) atoms. The Hall–Kier alpha value is -0.320. The third-order valence-corrected chi connectivity index (χ3v) is 2.42. The molecule has 0 radical (unpaired) electrons. The van der Waals surface area contributed by atoms with Crippen LogP contribution in [0.15, 0.2) is 0 Å². The maximum absolute atomic E-state index is 12.7. The van der Waals surface area contributed by atoms with Crippen molar-refractivity contribution in [2.24, 2.45) is 0 Å². The Morgan fingerprint density at radius 3 is 2.21 bits per heavy atom. The molecule has 0 aromatic carbocycles. The average Bonchev–Trinajstić information content (AvgIpc) is 2.01. The molecule has 0 bridgehead atoms. The summed E-state index contributed by atoms with van der Waals surface area (Å²) in [5.41, 5.74) is 0. The molecule has 0 aromatic heterocycles. The third-order valence-electron chi connectivity index (χ3n) is 2.42. The van der Waals surface area contributed by atoms with Crippen molar-refractivity contribution in [1.82, 2.24) is 5.32 Å². The highest BCUT2D eigenvalue weighted by Crippen LogP contribution is 2.33. The molecule has 0 amide bonds. The van der Waals surface area contributed by atoms with Crippen molar-refractivity contribution in [3.8, 4) is 0 Å². The normalized spacial score (nSPS) is 23.8. The van der Waals surface area contributed by atoms with Crippen molar-refractivity contribution in [3.05, 3.63) is 0 Å². The molecule has 0 heterocycles. The van der Waals surface area contributed by atoms with Gasteiger partial charge in [0.25, 0.3) is 5.92 Å². The van der Waals surface area contributed by atoms with Crippen LogP contribution in [-0.4, -0.2) is 24.4 Å². The summed E-state index contributed by atoms with van der Waals surface area (Å²) in [6.45, 7) is 0.390. The van der Waals surface area contributed by atoms with Gasteiger partial charge in [0.15, 0.2) is 0 Å². The zero-order chi connectivity index (χ0) is 10.8. The number of hydrogen-bond acceptors (Lipinski definition) is 1. The first-order chi connectivity index (χ1) is 6.29. The Morgan fingerprint density at radius 2 is 1.79 bits per heavy atom. The van der Waals surface area contributed by atoms with Crippen LogP contribution >= 0.6 is 0 Å². The van der Waals surface area contributed by atoms with Crippen molar-refractivity contribution < 1.29 is 17.6 Å². The molecular formula is C9H15F4N. The summed E-state index contributed by atoms with van der Waals surface area (Å²) in [7, 11) is 0. The molecule has 1 N–H and O–H groups in total. The molecule has 1 fully saturated rings. The third kappa shape index (κ3) is 4.26. The smallest absolute Gasteiger partial charge is 0.257 e. The van der Waals surface area contributed by atoms with Crippen LogP contribution in [0.2, 0.25) is 0 Å². The Kier molecular flexibility index (Phi) is 3.40. The first-order valence-corrected chi connectivity index (χ1v) is 4.78. The number of nitrogens with one attached hydrogen (secondary N) is 1. The van der Waals surface area contributed by atoms with Gasteiger partial charge in [-0.1, -0.05) is 0 Å². The van der Waals surface area contributed by atoms with Crippen LogP contribution in [-0.2, 0) is 0 Å². The molecule has 0 aromatic rings. The maximum atomic E-state index is 12.7. The van der Waals surface area contributed by atoms with E-state index in [9.17, 15) is 17.6 Å². The van der Waals surface area contributed by atoms with E-state index in [1.807, 2.05) is 0 Å². The van der Waals surface area contributed by atoms with Gasteiger partial charge in [0.1, 0.15) is 0 Å². The second-order valence-corrected chi connectivity index (χ2v) is 4.08. The van der Waals surface area contributed by atoms with Crippen LogP contribution in [0.25, 0.3) is 0 Å².